The van der Waals surface area contributed by atoms with Crippen LogP contribution >= 0.6 is 11.8 Å². The van der Waals surface area contributed by atoms with E-state index < -0.39 is 0 Å². The van der Waals surface area contributed by atoms with Gasteiger partial charge in [-0.1, -0.05) is 0 Å². The van der Waals surface area contributed by atoms with Gasteiger partial charge in [-0.2, -0.15) is 0 Å². The second kappa shape index (κ2) is 11.2. The second-order valence-corrected chi connectivity index (χ2v) is 12.2. The van der Waals surface area contributed by atoms with Crippen molar-refractivity contribution in [3.63, 3.8) is 0 Å². The van der Waals surface area contributed by atoms with Crippen LogP contribution in [0, 0.1) is 0 Å². The first-order valence-electron chi connectivity index (χ1n) is 12.3. The van der Waals surface area contributed by atoms with Crippen molar-refractivity contribution < 1.29 is 0 Å². The van der Waals surface area contributed by atoms with Crippen molar-refractivity contribution in [2.45, 2.75) is 0 Å². The summed E-state index contributed by atoms with van der Waals surface area (Å²) in [6.45, 7) is 0. The van der Waals surface area contributed by atoms with Crippen LogP contribution in [0.1, 0.15) is 16.7 Å². The van der Waals surface area contributed by atoms with Crippen LogP contribution in [0.3, 0.4) is 0 Å². The molecular formula is C35H25SSe+. The Morgan fingerprint density at radius 3 is 1.24 bits per heavy atom. The fourth-order valence-corrected chi connectivity index (χ4v) is 7.90. The first kappa shape index (κ1) is 23.7. The molecule has 0 radical (unpaired) electrons. The van der Waals surface area contributed by atoms with E-state index in [9.17, 15) is 0 Å². The van der Waals surface area contributed by atoms with Crippen molar-refractivity contribution in [2.75, 3.05) is 0 Å². The van der Waals surface area contributed by atoms with E-state index in [1.807, 2.05) is 11.8 Å². The predicted molar refractivity (Wildman–Crippen MR) is 163 cm³/mol. The van der Waals surface area contributed by atoms with Crippen LogP contribution in [0.5, 0.6) is 0 Å². The molecule has 1 aliphatic rings. The Morgan fingerprint density at radius 2 is 0.838 bits per heavy atom. The number of hydrogen-bond donors (Lipinski definition) is 0. The Kier molecular flexibility index (Phi) is 7.14. The van der Waals surface area contributed by atoms with E-state index >= 15 is 0 Å². The fourth-order valence-electron chi connectivity index (χ4n) is 4.38. The summed E-state index contributed by atoms with van der Waals surface area (Å²) in [5, 5.41) is 0. The molecule has 0 spiro atoms. The SMILES string of the molecule is C(=C1C=C(c2ccccc2)SC(c2ccccc2)=C1)c1cc(-c2ccccc2)[se+]c(-c2ccccc2)c1. The van der Waals surface area contributed by atoms with Gasteiger partial charge in [-0.25, -0.2) is 0 Å². The van der Waals surface area contributed by atoms with Crippen molar-refractivity contribution in [3.05, 3.63) is 168 Å². The molecule has 0 nitrogen and oxygen atoms in total. The molecule has 1 aromatic heterocycles. The van der Waals surface area contributed by atoms with Gasteiger partial charge in [0, 0.05) is 0 Å². The third-order valence-corrected chi connectivity index (χ3v) is 9.75. The average Bonchev–Trinajstić information content (AvgIpc) is 2.99. The Hall–Kier alpha value is -3.68. The van der Waals surface area contributed by atoms with Crippen molar-refractivity contribution in [1.82, 2.24) is 0 Å². The van der Waals surface area contributed by atoms with E-state index in [2.05, 4.69) is 152 Å². The summed E-state index contributed by atoms with van der Waals surface area (Å²) in [6.07, 6.45) is 6.99. The van der Waals surface area contributed by atoms with Crippen LogP contribution in [0.2, 0.25) is 0 Å². The first-order chi connectivity index (χ1) is 18.3. The topological polar surface area (TPSA) is 0 Å². The number of allylic oxidation sites excluding steroid dienone is 3. The number of benzene rings is 4. The molecule has 4 aromatic carbocycles. The molecule has 2 heteroatoms. The number of rotatable bonds is 5. The number of thioether (sulfide) groups is 1. The van der Waals surface area contributed by atoms with Gasteiger partial charge in [-0.15, -0.1) is 0 Å². The summed E-state index contributed by atoms with van der Waals surface area (Å²) in [6, 6.07) is 47.8. The molecular weight excluding hydrogens is 531 g/mol. The quantitative estimate of drug-likeness (QED) is 0.194. The van der Waals surface area contributed by atoms with E-state index in [0.717, 1.165) is 0 Å². The molecule has 5 aromatic rings. The average molecular weight is 557 g/mol. The molecule has 0 N–H and O–H groups in total. The van der Waals surface area contributed by atoms with Gasteiger partial charge in [0.1, 0.15) is 0 Å². The number of hydrogen-bond acceptors (Lipinski definition) is 1. The third kappa shape index (κ3) is 5.68. The molecule has 0 aliphatic carbocycles. The summed E-state index contributed by atoms with van der Waals surface area (Å²) in [5.41, 5.74) is 7.56. The molecule has 0 unspecified atom stereocenters. The second-order valence-electron chi connectivity index (χ2n) is 8.85. The minimum absolute atomic E-state index is 0.239. The first-order valence-corrected chi connectivity index (χ1v) is 14.9. The normalized spacial score (nSPS) is 13.0. The van der Waals surface area contributed by atoms with E-state index in [4.69, 9.17) is 0 Å². The molecule has 1 aliphatic heterocycles. The molecule has 176 valence electrons. The molecule has 0 amide bonds. The Morgan fingerprint density at radius 1 is 0.459 bits per heavy atom. The zero-order valence-corrected chi connectivity index (χ0v) is 22.8. The maximum atomic E-state index is 2.38. The molecule has 2 heterocycles. The fraction of sp³-hybridized carbons (Fsp3) is 0. The van der Waals surface area contributed by atoms with Crippen LogP contribution in [-0.2, 0) is 0 Å². The minimum atomic E-state index is 0.239. The molecule has 0 saturated carbocycles. The third-order valence-electron chi connectivity index (χ3n) is 6.20. The van der Waals surface area contributed by atoms with Gasteiger partial charge in [0.05, 0.1) is 0 Å². The van der Waals surface area contributed by atoms with Crippen molar-refractivity contribution in [3.8, 4) is 20.0 Å². The maximum absolute atomic E-state index is 2.38. The van der Waals surface area contributed by atoms with Gasteiger partial charge >= 0.3 is 230 Å². The van der Waals surface area contributed by atoms with Crippen LogP contribution < -0.4 is 0 Å². The monoisotopic (exact) mass is 557 g/mol. The molecule has 0 atom stereocenters. The molecule has 37 heavy (non-hydrogen) atoms. The molecule has 6 rings (SSSR count). The summed E-state index contributed by atoms with van der Waals surface area (Å²) in [5.74, 6) is 0. The van der Waals surface area contributed by atoms with Gasteiger partial charge in [-0.05, 0) is 0 Å². The zero-order valence-electron chi connectivity index (χ0n) is 20.3. The van der Waals surface area contributed by atoms with E-state index in [0.29, 0.717) is 0 Å². The Bertz CT molecular complexity index is 1480. The van der Waals surface area contributed by atoms with E-state index in [1.54, 1.807) is 0 Å². The Balaban J connectivity index is 1.49. The zero-order chi connectivity index (χ0) is 24.9. The standard InChI is InChI=1S/C35H25SSe/c1-5-13-28(14-6-1)32-22-26(23-33(36-32)29-15-7-2-8-16-29)21-27-24-34(30-17-9-3-10-18-30)37-35(25-27)31-19-11-4-12-20-31/h1-25H/q+1. The molecule has 0 saturated heterocycles. The van der Waals surface area contributed by atoms with Crippen molar-refractivity contribution in [2.24, 2.45) is 0 Å². The summed E-state index contributed by atoms with van der Waals surface area (Å²) < 4.78 is 2.82. The van der Waals surface area contributed by atoms with Crippen LogP contribution in [-0.4, -0.2) is 14.5 Å². The van der Waals surface area contributed by atoms with Gasteiger partial charge in [0.2, 0.25) is 0 Å². The van der Waals surface area contributed by atoms with E-state index in [1.165, 1.54) is 52.1 Å². The van der Waals surface area contributed by atoms with Crippen LogP contribution in [0.15, 0.2) is 151 Å². The van der Waals surface area contributed by atoms with Gasteiger partial charge in [0.15, 0.2) is 0 Å². The van der Waals surface area contributed by atoms with Gasteiger partial charge in [0.25, 0.3) is 0 Å². The summed E-state index contributed by atoms with van der Waals surface area (Å²) >= 11 is 2.08. The summed E-state index contributed by atoms with van der Waals surface area (Å²) in [7, 11) is 0. The Labute approximate surface area is 229 Å². The molecule has 0 bridgehead atoms. The van der Waals surface area contributed by atoms with Gasteiger partial charge < -0.3 is 0 Å². The van der Waals surface area contributed by atoms with Crippen molar-refractivity contribution >= 4 is 42.2 Å². The van der Waals surface area contributed by atoms with Crippen molar-refractivity contribution in [1.29, 1.82) is 0 Å². The van der Waals surface area contributed by atoms with Crippen LogP contribution in [0.4, 0.5) is 0 Å². The predicted octanol–water partition coefficient (Wildman–Crippen LogP) is 9.57. The van der Waals surface area contributed by atoms with Gasteiger partial charge in [-0.3, -0.25) is 0 Å². The molecule has 0 fully saturated rings. The van der Waals surface area contributed by atoms with E-state index in [-0.39, 0.29) is 14.5 Å². The van der Waals surface area contributed by atoms with Crippen LogP contribution in [0.25, 0.3) is 35.9 Å². The summed E-state index contributed by atoms with van der Waals surface area (Å²) in [4.78, 5) is 2.54.